The van der Waals surface area contributed by atoms with Crippen LogP contribution in [-0.2, 0) is 0 Å². The summed E-state index contributed by atoms with van der Waals surface area (Å²) in [7, 11) is 1.74. The summed E-state index contributed by atoms with van der Waals surface area (Å²) in [6.45, 7) is 3.85. The highest BCUT2D eigenvalue weighted by atomic mass is 79.9. The van der Waals surface area contributed by atoms with Gasteiger partial charge in [0, 0.05) is 7.05 Å². The lowest BCUT2D eigenvalue weighted by Crippen LogP contribution is -2.29. The molecule has 0 bridgehead atoms. The lowest BCUT2D eigenvalue weighted by atomic mass is 10.3. The summed E-state index contributed by atoms with van der Waals surface area (Å²) >= 11 is 9.79. The second kappa shape index (κ2) is 5.53. The predicted octanol–water partition coefficient (Wildman–Crippen LogP) is 2.03. The molecule has 0 atom stereocenters. The van der Waals surface area contributed by atoms with Gasteiger partial charge in [-0.2, -0.15) is 9.47 Å². The minimum absolute atomic E-state index is 0.492. The second-order valence-corrected chi connectivity index (χ2v) is 4.77. The fraction of sp³-hybridized carbons (Fsp3) is 0.375. The first-order valence-corrected chi connectivity index (χ1v) is 6.18. The van der Waals surface area contributed by atoms with Crippen LogP contribution in [0.5, 0.6) is 0 Å². The Morgan fingerprint density at radius 3 is 2.73 bits per heavy atom. The van der Waals surface area contributed by atoms with Crippen LogP contribution in [0.2, 0.25) is 0 Å². The van der Waals surface area contributed by atoms with Crippen LogP contribution in [0.25, 0.3) is 0 Å². The number of halogens is 1. The van der Waals surface area contributed by atoms with Crippen molar-refractivity contribution < 1.29 is 0 Å². The number of nitrogens with one attached hydrogen (secondary N) is 2. The summed E-state index contributed by atoms with van der Waals surface area (Å²) in [5.41, 5.74) is 4.56. The van der Waals surface area contributed by atoms with E-state index >= 15 is 0 Å². The zero-order valence-corrected chi connectivity index (χ0v) is 11.8. The van der Waals surface area contributed by atoms with E-state index in [1.807, 2.05) is 13.8 Å². The van der Waals surface area contributed by atoms with Crippen molar-refractivity contribution in [2.45, 2.75) is 13.8 Å². The summed E-state index contributed by atoms with van der Waals surface area (Å²) in [6, 6.07) is 0. The minimum Gasteiger partial charge on any atom is -0.364 e. The minimum atomic E-state index is 0.492. The van der Waals surface area contributed by atoms with Crippen molar-refractivity contribution in [3.63, 3.8) is 0 Å². The number of nitrogens with zero attached hydrogens (tertiary/aromatic N) is 2. The number of aromatic nitrogens is 1. The van der Waals surface area contributed by atoms with Crippen molar-refractivity contribution in [1.82, 2.24) is 15.1 Å². The van der Waals surface area contributed by atoms with Gasteiger partial charge in [-0.15, -0.1) is 0 Å². The van der Waals surface area contributed by atoms with Crippen molar-refractivity contribution >= 4 is 50.5 Å². The molecule has 0 aliphatic heterocycles. The first kappa shape index (κ1) is 12.5. The van der Waals surface area contributed by atoms with Crippen LogP contribution in [0.4, 0.5) is 0 Å². The maximum Gasteiger partial charge on any atom is 0.186 e. The highest BCUT2D eigenvalue weighted by Gasteiger charge is 2.10. The predicted molar refractivity (Wildman–Crippen MR) is 71.6 cm³/mol. The largest absolute Gasteiger partial charge is 0.364 e. The Kier molecular flexibility index (Phi) is 4.62. The first-order valence-electron chi connectivity index (χ1n) is 4.20. The zero-order chi connectivity index (χ0) is 11.4. The summed E-state index contributed by atoms with van der Waals surface area (Å²) in [5.74, 6) is 0. The molecule has 0 aliphatic rings. The Labute approximate surface area is 106 Å². The van der Waals surface area contributed by atoms with Crippen molar-refractivity contribution in [3.8, 4) is 0 Å². The average Bonchev–Trinajstić information content (AvgIpc) is 2.56. The van der Waals surface area contributed by atoms with Crippen LogP contribution in [0.3, 0.4) is 0 Å². The van der Waals surface area contributed by atoms with Gasteiger partial charge in [-0.25, -0.2) is 0 Å². The van der Waals surface area contributed by atoms with Crippen LogP contribution in [0.15, 0.2) is 9.57 Å². The maximum atomic E-state index is 4.91. The standard InChI is InChI=1S/C8H11BrN4S2/c1-4-6(9)7(15-13-4)5(2)11-12-8(14)10-3/h1-3H3,(H2,10,12,14)/b11-5+. The molecule has 1 aromatic heterocycles. The Balaban J connectivity index is 2.80. The lowest BCUT2D eigenvalue weighted by Gasteiger charge is -2.02. The SMILES string of the molecule is CNC(=S)N/N=C(\C)c1snc(C)c1Br. The van der Waals surface area contributed by atoms with Gasteiger partial charge in [0.1, 0.15) is 0 Å². The topological polar surface area (TPSA) is 49.3 Å². The summed E-state index contributed by atoms with van der Waals surface area (Å²) in [5, 5.41) is 7.42. The summed E-state index contributed by atoms with van der Waals surface area (Å²) in [6.07, 6.45) is 0. The lowest BCUT2D eigenvalue weighted by molar-refractivity contribution is 0.974. The van der Waals surface area contributed by atoms with Crippen LogP contribution >= 0.6 is 39.7 Å². The van der Waals surface area contributed by atoms with E-state index in [0.29, 0.717) is 5.11 Å². The van der Waals surface area contributed by atoms with E-state index in [-0.39, 0.29) is 0 Å². The van der Waals surface area contributed by atoms with Gasteiger partial charge in [0.2, 0.25) is 0 Å². The quantitative estimate of drug-likeness (QED) is 0.499. The maximum absolute atomic E-state index is 4.91. The third-order valence-corrected chi connectivity index (χ3v) is 4.25. The first-order chi connectivity index (χ1) is 7.06. The summed E-state index contributed by atoms with van der Waals surface area (Å²) in [4.78, 5) is 1.01. The fourth-order valence-corrected chi connectivity index (χ4v) is 2.31. The molecule has 1 aromatic rings. The molecule has 0 fully saturated rings. The van der Waals surface area contributed by atoms with E-state index in [4.69, 9.17) is 12.2 Å². The average molecular weight is 307 g/mol. The third kappa shape index (κ3) is 3.22. The number of hydrazone groups is 1. The van der Waals surface area contributed by atoms with E-state index in [1.165, 1.54) is 11.5 Å². The molecule has 0 amide bonds. The van der Waals surface area contributed by atoms with E-state index in [1.54, 1.807) is 7.05 Å². The molecule has 1 rings (SSSR count). The normalized spacial score (nSPS) is 11.3. The molecule has 82 valence electrons. The van der Waals surface area contributed by atoms with Crippen LogP contribution < -0.4 is 10.7 Å². The number of aryl methyl sites for hydroxylation is 1. The zero-order valence-electron chi connectivity index (χ0n) is 8.59. The highest BCUT2D eigenvalue weighted by Crippen LogP contribution is 2.24. The molecule has 15 heavy (non-hydrogen) atoms. The number of rotatable bonds is 2. The van der Waals surface area contributed by atoms with Gasteiger partial charge in [-0.1, -0.05) is 0 Å². The van der Waals surface area contributed by atoms with Crippen LogP contribution in [0, 0.1) is 6.92 Å². The van der Waals surface area contributed by atoms with E-state index < -0.39 is 0 Å². The number of thiocarbonyl (C=S) groups is 1. The number of hydrogen-bond donors (Lipinski definition) is 2. The van der Waals surface area contributed by atoms with Gasteiger partial charge in [-0.3, -0.25) is 5.43 Å². The molecule has 4 nitrogen and oxygen atoms in total. The Hall–Kier alpha value is -0.530. The Morgan fingerprint density at radius 2 is 2.27 bits per heavy atom. The van der Waals surface area contributed by atoms with E-state index in [2.05, 4.69) is 36.1 Å². The van der Waals surface area contributed by atoms with Gasteiger partial charge in [-0.05, 0) is 53.5 Å². The molecule has 0 aliphatic carbocycles. The van der Waals surface area contributed by atoms with Crippen molar-refractivity contribution in [1.29, 1.82) is 0 Å². The summed E-state index contributed by atoms with van der Waals surface area (Å²) < 4.78 is 5.21. The van der Waals surface area contributed by atoms with Crippen molar-refractivity contribution in [2.24, 2.45) is 5.10 Å². The van der Waals surface area contributed by atoms with Crippen molar-refractivity contribution in [3.05, 3.63) is 15.0 Å². The molecule has 0 saturated carbocycles. The molecule has 0 unspecified atom stereocenters. The van der Waals surface area contributed by atoms with Crippen molar-refractivity contribution in [2.75, 3.05) is 7.05 Å². The van der Waals surface area contributed by atoms with Gasteiger partial charge < -0.3 is 5.32 Å². The third-order valence-electron chi connectivity index (χ3n) is 1.67. The fourth-order valence-electron chi connectivity index (χ4n) is 0.825. The van der Waals surface area contributed by atoms with Crippen LogP contribution in [-0.4, -0.2) is 22.2 Å². The molecule has 7 heteroatoms. The van der Waals surface area contributed by atoms with E-state index in [9.17, 15) is 0 Å². The second-order valence-electron chi connectivity index (χ2n) is 2.80. The van der Waals surface area contributed by atoms with Gasteiger partial charge in [0.25, 0.3) is 0 Å². The molecular weight excluding hydrogens is 296 g/mol. The molecular formula is C8H11BrN4S2. The highest BCUT2D eigenvalue weighted by molar-refractivity contribution is 9.10. The van der Waals surface area contributed by atoms with Gasteiger partial charge in [0.05, 0.1) is 20.8 Å². The Morgan fingerprint density at radius 1 is 1.60 bits per heavy atom. The molecule has 0 aromatic carbocycles. The van der Waals surface area contributed by atoms with Gasteiger partial charge >= 0.3 is 0 Å². The monoisotopic (exact) mass is 306 g/mol. The van der Waals surface area contributed by atoms with Crippen LogP contribution in [0.1, 0.15) is 17.5 Å². The molecule has 2 N–H and O–H groups in total. The number of hydrogen-bond acceptors (Lipinski definition) is 4. The van der Waals surface area contributed by atoms with E-state index in [0.717, 1.165) is 20.8 Å². The molecule has 0 spiro atoms. The van der Waals surface area contributed by atoms with Gasteiger partial charge in [0.15, 0.2) is 5.11 Å². The Bertz CT molecular complexity index is 399. The smallest absolute Gasteiger partial charge is 0.186 e. The molecule has 0 radical (unpaired) electrons. The molecule has 0 saturated heterocycles. The molecule has 1 heterocycles.